The fraction of sp³-hybridized carbons (Fsp3) is 0.727. The van der Waals surface area contributed by atoms with Gasteiger partial charge < -0.3 is 5.11 Å². The molecule has 0 fully saturated rings. The zero-order chi connectivity index (χ0) is 11.4. The topological polar surface area (TPSA) is 38.0 Å². The Kier molecular flexibility index (Phi) is 4.80. The average molecular weight is 275 g/mol. The Bertz CT molecular complexity index is 310. The molecule has 1 N–H and O–H groups in total. The van der Waals surface area contributed by atoms with Gasteiger partial charge in [0.05, 0.1) is 22.5 Å². The molecule has 0 amide bonds. The van der Waals surface area contributed by atoms with E-state index in [1.807, 2.05) is 4.68 Å². The lowest BCUT2D eigenvalue weighted by atomic mass is 10.0. The molecular formula is C11H19BrN2O. The highest BCUT2D eigenvalue weighted by atomic mass is 79.9. The average Bonchev–Trinajstić information content (AvgIpc) is 2.46. The minimum atomic E-state index is -0.423. The van der Waals surface area contributed by atoms with E-state index in [0.29, 0.717) is 5.92 Å². The van der Waals surface area contributed by atoms with E-state index in [1.165, 1.54) is 0 Å². The Hall–Kier alpha value is -0.350. The summed E-state index contributed by atoms with van der Waals surface area (Å²) in [5.74, 6) is 0.483. The Balaban J connectivity index is 2.85. The number of aryl methyl sites for hydroxylation is 1. The van der Waals surface area contributed by atoms with Gasteiger partial charge in [0.15, 0.2) is 0 Å². The van der Waals surface area contributed by atoms with Gasteiger partial charge in [0.25, 0.3) is 0 Å². The van der Waals surface area contributed by atoms with Gasteiger partial charge in [-0.2, -0.15) is 5.10 Å². The van der Waals surface area contributed by atoms with Crippen LogP contribution in [0.4, 0.5) is 0 Å². The molecule has 1 atom stereocenters. The predicted molar refractivity (Wildman–Crippen MR) is 64.6 cm³/mol. The zero-order valence-corrected chi connectivity index (χ0v) is 11.2. The molecule has 0 aliphatic heterocycles. The molecule has 0 radical (unpaired) electrons. The van der Waals surface area contributed by atoms with Gasteiger partial charge in [-0.1, -0.05) is 20.8 Å². The van der Waals surface area contributed by atoms with Gasteiger partial charge in [-0.25, -0.2) is 0 Å². The van der Waals surface area contributed by atoms with Crippen LogP contribution in [0.15, 0.2) is 10.7 Å². The largest absolute Gasteiger partial charge is 0.387 e. The molecule has 0 aliphatic carbocycles. The number of aliphatic hydroxyl groups excluding tert-OH is 1. The van der Waals surface area contributed by atoms with Gasteiger partial charge in [0.2, 0.25) is 0 Å². The number of hydrogen-bond acceptors (Lipinski definition) is 2. The van der Waals surface area contributed by atoms with Gasteiger partial charge in [-0.3, -0.25) is 4.68 Å². The van der Waals surface area contributed by atoms with Crippen molar-refractivity contribution in [2.45, 2.75) is 46.3 Å². The summed E-state index contributed by atoms with van der Waals surface area (Å²) in [6.45, 7) is 7.18. The standard InChI is InChI=1S/C11H19BrN2O/c1-4-5-14-11(9(12)7-13-14)10(15)6-8(2)3/h7-8,10,15H,4-6H2,1-3H3. The van der Waals surface area contributed by atoms with Crippen molar-refractivity contribution in [2.24, 2.45) is 5.92 Å². The first-order valence-corrected chi connectivity index (χ1v) is 6.24. The van der Waals surface area contributed by atoms with E-state index in [1.54, 1.807) is 6.20 Å². The highest BCUT2D eigenvalue weighted by Crippen LogP contribution is 2.27. The van der Waals surface area contributed by atoms with Crippen LogP contribution in [0, 0.1) is 5.92 Å². The Morgan fingerprint density at radius 2 is 2.20 bits per heavy atom. The van der Waals surface area contributed by atoms with Crippen LogP contribution in [0.5, 0.6) is 0 Å². The second-order valence-corrected chi connectivity index (χ2v) is 5.10. The molecule has 1 aromatic rings. The van der Waals surface area contributed by atoms with E-state index in [0.717, 1.165) is 29.6 Å². The maximum absolute atomic E-state index is 10.1. The first-order valence-electron chi connectivity index (χ1n) is 5.45. The molecule has 0 aromatic carbocycles. The van der Waals surface area contributed by atoms with E-state index in [2.05, 4.69) is 41.8 Å². The summed E-state index contributed by atoms with van der Waals surface area (Å²) in [4.78, 5) is 0. The summed E-state index contributed by atoms with van der Waals surface area (Å²) in [5, 5.41) is 14.3. The molecular weight excluding hydrogens is 256 g/mol. The molecule has 0 aliphatic rings. The van der Waals surface area contributed by atoms with Crippen molar-refractivity contribution in [3.63, 3.8) is 0 Å². The number of halogens is 1. The lowest BCUT2D eigenvalue weighted by Crippen LogP contribution is -2.11. The number of aliphatic hydroxyl groups is 1. The Labute approximate surface area is 99.6 Å². The van der Waals surface area contributed by atoms with Crippen LogP contribution >= 0.6 is 15.9 Å². The van der Waals surface area contributed by atoms with Crippen LogP contribution in [-0.4, -0.2) is 14.9 Å². The first kappa shape index (κ1) is 12.7. The minimum Gasteiger partial charge on any atom is -0.387 e. The molecule has 1 aromatic heterocycles. The molecule has 86 valence electrons. The van der Waals surface area contributed by atoms with Crippen molar-refractivity contribution < 1.29 is 5.11 Å². The fourth-order valence-corrected chi connectivity index (χ4v) is 2.21. The van der Waals surface area contributed by atoms with Gasteiger partial charge in [0.1, 0.15) is 0 Å². The normalized spacial score (nSPS) is 13.5. The molecule has 0 saturated heterocycles. The number of nitrogens with zero attached hydrogens (tertiary/aromatic N) is 2. The SMILES string of the molecule is CCCn1ncc(Br)c1C(O)CC(C)C. The van der Waals surface area contributed by atoms with Crippen LogP contribution in [-0.2, 0) is 6.54 Å². The molecule has 0 saturated carbocycles. The Morgan fingerprint density at radius 3 is 2.73 bits per heavy atom. The van der Waals surface area contributed by atoms with Crippen LogP contribution in [0.1, 0.15) is 45.4 Å². The van der Waals surface area contributed by atoms with Gasteiger partial charge in [-0.15, -0.1) is 0 Å². The highest BCUT2D eigenvalue weighted by Gasteiger charge is 2.18. The number of rotatable bonds is 5. The van der Waals surface area contributed by atoms with Crippen LogP contribution in [0.3, 0.4) is 0 Å². The van der Waals surface area contributed by atoms with E-state index in [-0.39, 0.29) is 0 Å². The van der Waals surface area contributed by atoms with Crippen LogP contribution in [0.2, 0.25) is 0 Å². The summed E-state index contributed by atoms with van der Waals surface area (Å²) >= 11 is 3.43. The monoisotopic (exact) mass is 274 g/mol. The summed E-state index contributed by atoms with van der Waals surface area (Å²) in [6, 6.07) is 0. The number of hydrogen-bond donors (Lipinski definition) is 1. The van der Waals surface area contributed by atoms with Gasteiger partial charge in [0, 0.05) is 6.54 Å². The number of aromatic nitrogens is 2. The minimum absolute atomic E-state index is 0.423. The van der Waals surface area contributed by atoms with Crippen molar-refractivity contribution in [2.75, 3.05) is 0 Å². The molecule has 1 rings (SSSR count). The van der Waals surface area contributed by atoms with Crippen LogP contribution < -0.4 is 0 Å². The van der Waals surface area contributed by atoms with E-state index < -0.39 is 6.10 Å². The van der Waals surface area contributed by atoms with Crippen molar-refractivity contribution >= 4 is 15.9 Å². The van der Waals surface area contributed by atoms with Crippen molar-refractivity contribution in [3.05, 3.63) is 16.4 Å². The fourth-order valence-electron chi connectivity index (χ4n) is 1.65. The summed E-state index contributed by atoms with van der Waals surface area (Å²) in [6.07, 6.45) is 3.13. The summed E-state index contributed by atoms with van der Waals surface area (Å²) < 4.78 is 2.79. The lowest BCUT2D eigenvalue weighted by Gasteiger charge is -2.15. The van der Waals surface area contributed by atoms with E-state index >= 15 is 0 Å². The smallest absolute Gasteiger partial charge is 0.0970 e. The molecule has 15 heavy (non-hydrogen) atoms. The molecule has 0 spiro atoms. The summed E-state index contributed by atoms with van der Waals surface area (Å²) in [7, 11) is 0. The first-order chi connectivity index (χ1) is 7.06. The third-order valence-corrected chi connectivity index (χ3v) is 2.89. The molecule has 3 nitrogen and oxygen atoms in total. The quantitative estimate of drug-likeness (QED) is 0.896. The third-order valence-electron chi connectivity index (χ3n) is 2.28. The second-order valence-electron chi connectivity index (χ2n) is 4.25. The molecule has 1 unspecified atom stereocenters. The molecule has 1 heterocycles. The predicted octanol–water partition coefficient (Wildman–Crippen LogP) is 3.14. The van der Waals surface area contributed by atoms with Crippen LogP contribution in [0.25, 0.3) is 0 Å². The van der Waals surface area contributed by atoms with E-state index in [9.17, 15) is 5.11 Å². The maximum Gasteiger partial charge on any atom is 0.0970 e. The molecule has 0 bridgehead atoms. The van der Waals surface area contributed by atoms with Gasteiger partial charge in [-0.05, 0) is 34.7 Å². The molecule has 4 heteroatoms. The zero-order valence-electron chi connectivity index (χ0n) is 9.57. The van der Waals surface area contributed by atoms with Gasteiger partial charge >= 0.3 is 0 Å². The van der Waals surface area contributed by atoms with Crippen molar-refractivity contribution in [3.8, 4) is 0 Å². The lowest BCUT2D eigenvalue weighted by molar-refractivity contribution is 0.139. The van der Waals surface area contributed by atoms with E-state index in [4.69, 9.17) is 0 Å². The van der Waals surface area contributed by atoms with Crippen molar-refractivity contribution in [1.29, 1.82) is 0 Å². The maximum atomic E-state index is 10.1. The highest BCUT2D eigenvalue weighted by molar-refractivity contribution is 9.10. The van der Waals surface area contributed by atoms with Crippen molar-refractivity contribution in [1.82, 2.24) is 9.78 Å². The second kappa shape index (κ2) is 5.66. The summed E-state index contributed by atoms with van der Waals surface area (Å²) in [5.41, 5.74) is 0.908. The Morgan fingerprint density at radius 1 is 1.53 bits per heavy atom. The third kappa shape index (κ3) is 3.31.